The van der Waals surface area contributed by atoms with Crippen molar-refractivity contribution >= 4 is 11.4 Å². The molecule has 0 saturated carbocycles. The second-order valence-electron chi connectivity index (χ2n) is 4.74. The van der Waals surface area contributed by atoms with Gasteiger partial charge in [-0.05, 0) is 38.4 Å². The van der Waals surface area contributed by atoms with Crippen LogP contribution in [0.1, 0.15) is 0 Å². The summed E-state index contributed by atoms with van der Waals surface area (Å²) in [5.74, 6) is 0. The number of hydrogen-bond acceptors (Lipinski definition) is 4. The predicted molar refractivity (Wildman–Crippen MR) is 73.8 cm³/mol. The maximum atomic E-state index is 9.71. The summed E-state index contributed by atoms with van der Waals surface area (Å²) < 4.78 is 0. The zero-order valence-corrected chi connectivity index (χ0v) is 11.1. The molecule has 17 heavy (non-hydrogen) atoms. The summed E-state index contributed by atoms with van der Waals surface area (Å²) in [7, 11) is 7.94. The maximum absolute atomic E-state index is 9.71. The molecule has 0 amide bonds. The van der Waals surface area contributed by atoms with Crippen LogP contribution in [-0.2, 0) is 0 Å². The Morgan fingerprint density at radius 1 is 1.12 bits per heavy atom. The first-order valence-corrected chi connectivity index (χ1v) is 5.83. The van der Waals surface area contributed by atoms with Gasteiger partial charge in [0.05, 0.1) is 6.10 Å². The first kappa shape index (κ1) is 13.8. The normalized spacial score (nSPS) is 12.6. The third-order valence-corrected chi connectivity index (χ3v) is 2.50. The van der Waals surface area contributed by atoms with E-state index in [2.05, 4.69) is 22.3 Å². The van der Waals surface area contributed by atoms with Gasteiger partial charge < -0.3 is 20.2 Å². The molecule has 0 fully saturated rings. The average Bonchev–Trinajstić information content (AvgIpc) is 2.26. The standard InChI is InChI=1S/C13H23N3O/c1-15(2)10-13(17)9-14-11-5-7-12(8-6-11)16(3)4/h5-8,13-14,17H,9-10H2,1-4H3. The summed E-state index contributed by atoms with van der Waals surface area (Å²) in [6.45, 7) is 1.24. The van der Waals surface area contributed by atoms with Gasteiger partial charge >= 0.3 is 0 Å². The third kappa shape index (κ3) is 5.06. The van der Waals surface area contributed by atoms with Crippen molar-refractivity contribution in [2.75, 3.05) is 51.5 Å². The van der Waals surface area contributed by atoms with Gasteiger partial charge in [0.15, 0.2) is 0 Å². The van der Waals surface area contributed by atoms with Crippen LogP contribution in [0.2, 0.25) is 0 Å². The van der Waals surface area contributed by atoms with Crippen LogP contribution in [0.4, 0.5) is 11.4 Å². The summed E-state index contributed by atoms with van der Waals surface area (Å²) >= 11 is 0. The number of likely N-dealkylation sites (N-methyl/N-ethyl adjacent to an activating group) is 1. The van der Waals surface area contributed by atoms with E-state index in [1.807, 2.05) is 45.2 Å². The molecule has 0 radical (unpaired) electrons. The van der Waals surface area contributed by atoms with Crippen molar-refractivity contribution in [2.24, 2.45) is 0 Å². The first-order chi connectivity index (χ1) is 7.99. The van der Waals surface area contributed by atoms with Crippen LogP contribution < -0.4 is 10.2 Å². The fourth-order valence-corrected chi connectivity index (χ4v) is 1.60. The quantitative estimate of drug-likeness (QED) is 0.777. The van der Waals surface area contributed by atoms with Gasteiger partial charge in [0.1, 0.15) is 0 Å². The van der Waals surface area contributed by atoms with Crippen molar-refractivity contribution in [3.63, 3.8) is 0 Å². The Bertz CT molecular complexity index is 322. The molecular formula is C13H23N3O. The molecule has 0 saturated heterocycles. The number of nitrogens with zero attached hydrogens (tertiary/aromatic N) is 2. The third-order valence-electron chi connectivity index (χ3n) is 2.50. The van der Waals surface area contributed by atoms with E-state index in [-0.39, 0.29) is 6.10 Å². The summed E-state index contributed by atoms with van der Waals surface area (Å²) in [6, 6.07) is 8.16. The van der Waals surface area contributed by atoms with Gasteiger partial charge in [-0.3, -0.25) is 0 Å². The molecule has 0 heterocycles. The Hall–Kier alpha value is -1.26. The number of aliphatic hydroxyl groups excluding tert-OH is 1. The predicted octanol–water partition coefficient (Wildman–Crippen LogP) is 1.09. The summed E-state index contributed by atoms with van der Waals surface area (Å²) in [4.78, 5) is 4.03. The van der Waals surface area contributed by atoms with E-state index < -0.39 is 0 Å². The second kappa shape index (κ2) is 6.47. The number of benzene rings is 1. The molecule has 0 aliphatic rings. The van der Waals surface area contributed by atoms with Crippen LogP contribution in [-0.4, -0.2) is 57.4 Å². The van der Waals surface area contributed by atoms with Crippen LogP contribution in [0.5, 0.6) is 0 Å². The van der Waals surface area contributed by atoms with E-state index in [1.54, 1.807) is 0 Å². The van der Waals surface area contributed by atoms with E-state index in [0.717, 1.165) is 5.69 Å². The minimum absolute atomic E-state index is 0.349. The van der Waals surface area contributed by atoms with Gasteiger partial charge in [-0.2, -0.15) is 0 Å². The molecule has 1 aromatic rings. The van der Waals surface area contributed by atoms with E-state index in [1.165, 1.54) is 5.69 Å². The zero-order chi connectivity index (χ0) is 12.8. The van der Waals surface area contributed by atoms with Crippen molar-refractivity contribution < 1.29 is 5.11 Å². The Labute approximate surface area is 104 Å². The minimum Gasteiger partial charge on any atom is -0.390 e. The molecule has 0 aliphatic carbocycles. The fourth-order valence-electron chi connectivity index (χ4n) is 1.60. The Morgan fingerprint density at radius 2 is 1.71 bits per heavy atom. The molecule has 96 valence electrons. The highest BCUT2D eigenvalue weighted by atomic mass is 16.3. The Kier molecular flexibility index (Phi) is 5.25. The molecule has 0 spiro atoms. The summed E-state index contributed by atoms with van der Waals surface area (Å²) in [6.07, 6.45) is -0.349. The van der Waals surface area contributed by atoms with Crippen molar-refractivity contribution in [1.29, 1.82) is 0 Å². The van der Waals surface area contributed by atoms with E-state index >= 15 is 0 Å². The molecule has 4 heteroatoms. The van der Waals surface area contributed by atoms with Gasteiger partial charge in [-0.15, -0.1) is 0 Å². The SMILES string of the molecule is CN(C)CC(O)CNc1ccc(N(C)C)cc1. The number of aliphatic hydroxyl groups is 1. The molecular weight excluding hydrogens is 214 g/mol. The van der Waals surface area contributed by atoms with Crippen LogP contribution in [0, 0.1) is 0 Å². The van der Waals surface area contributed by atoms with Gasteiger partial charge in [0.2, 0.25) is 0 Å². The molecule has 1 aromatic carbocycles. The smallest absolute Gasteiger partial charge is 0.0838 e. The maximum Gasteiger partial charge on any atom is 0.0838 e. The first-order valence-electron chi connectivity index (χ1n) is 5.83. The lowest BCUT2D eigenvalue weighted by atomic mass is 10.2. The highest BCUT2D eigenvalue weighted by Gasteiger charge is 2.04. The molecule has 0 bridgehead atoms. The van der Waals surface area contributed by atoms with Crippen molar-refractivity contribution in [3.8, 4) is 0 Å². The lowest BCUT2D eigenvalue weighted by Gasteiger charge is -2.17. The molecule has 4 nitrogen and oxygen atoms in total. The zero-order valence-electron chi connectivity index (χ0n) is 11.1. The van der Waals surface area contributed by atoms with Crippen LogP contribution in [0.3, 0.4) is 0 Å². The average molecular weight is 237 g/mol. The molecule has 0 aliphatic heterocycles. The molecule has 1 rings (SSSR count). The topological polar surface area (TPSA) is 38.7 Å². The van der Waals surface area contributed by atoms with Crippen molar-refractivity contribution in [1.82, 2.24) is 4.90 Å². The molecule has 1 atom stereocenters. The van der Waals surface area contributed by atoms with Crippen LogP contribution >= 0.6 is 0 Å². The lowest BCUT2D eigenvalue weighted by Crippen LogP contribution is -2.31. The fraction of sp³-hybridized carbons (Fsp3) is 0.538. The van der Waals surface area contributed by atoms with Gasteiger partial charge in [-0.25, -0.2) is 0 Å². The summed E-state index contributed by atoms with van der Waals surface area (Å²) in [5.41, 5.74) is 2.21. The second-order valence-corrected chi connectivity index (χ2v) is 4.74. The lowest BCUT2D eigenvalue weighted by molar-refractivity contribution is 0.148. The highest BCUT2D eigenvalue weighted by molar-refractivity contribution is 5.54. The van der Waals surface area contributed by atoms with Crippen molar-refractivity contribution in [2.45, 2.75) is 6.10 Å². The van der Waals surface area contributed by atoms with E-state index in [9.17, 15) is 5.11 Å². The van der Waals surface area contributed by atoms with Crippen molar-refractivity contribution in [3.05, 3.63) is 24.3 Å². The number of nitrogens with one attached hydrogen (secondary N) is 1. The largest absolute Gasteiger partial charge is 0.390 e. The Morgan fingerprint density at radius 3 is 2.18 bits per heavy atom. The monoisotopic (exact) mass is 237 g/mol. The van der Waals surface area contributed by atoms with Crippen LogP contribution in [0.15, 0.2) is 24.3 Å². The minimum atomic E-state index is -0.349. The molecule has 2 N–H and O–H groups in total. The molecule has 1 unspecified atom stereocenters. The van der Waals surface area contributed by atoms with Crippen LogP contribution in [0.25, 0.3) is 0 Å². The Balaban J connectivity index is 2.42. The molecule has 0 aromatic heterocycles. The number of hydrogen-bond donors (Lipinski definition) is 2. The van der Waals surface area contributed by atoms with E-state index in [0.29, 0.717) is 13.1 Å². The van der Waals surface area contributed by atoms with E-state index in [4.69, 9.17) is 0 Å². The van der Waals surface area contributed by atoms with Gasteiger partial charge in [-0.1, -0.05) is 0 Å². The van der Waals surface area contributed by atoms with Gasteiger partial charge in [0.25, 0.3) is 0 Å². The highest BCUT2D eigenvalue weighted by Crippen LogP contribution is 2.15. The summed E-state index contributed by atoms with van der Waals surface area (Å²) in [5, 5.41) is 12.9. The number of rotatable bonds is 6. The van der Waals surface area contributed by atoms with Gasteiger partial charge in [0, 0.05) is 38.6 Å². The number of anilines is 2.